The average Bonchev–Trinajstić information content (AvgIpc) is 3.22. The summed E-state index contributed by atoms with van der Waals surface area (Å²) >= 11 is 0. The summed E-state index contributed by atoms with van der Waals surface area (Å²) in [4.78, 5) is 4.19. The minimum atomic E-state index is -3.18. The van der Waals surface area contributed by atoms with Crippen molar-refractivity contribution in [2.24, 2.45) is 10.9 Å². The highest BCUT2D eigenvalue weighted by Crippen LogP contribution is 2.34. The van der Waals surface area contributed by atoms with Crippen molar-refractivity contribution >= 4 is 15.8 Å². The zero-order chi connectivity index (χ0) is 17.7. The first-order valence-electron chi connectivity index (χ1n) is 8.24. The molecular weight excluding hydrogens is 329 g/mol. The Balaban J connectivity index is 1.98. The van der Waals surface area contributed by atoms with Gasteiger partial charge in [0.25, 0.3) is 0 Å². The summed E-state index contributed by atoms with van der Waals surface area (Å²) < 4.78 is 36.6. The van der Waals surface area contributed by atoms with Crippen LogP contribution in [0.3, 0.4) is 0 Å². The normalized spacial score (nSPS) is 20.8. The van der Waals surface area contributed by atoms with Gasteiger partial charge in [0.15, 0.2) is 15.8 Å². The molecule has 0 aromatic heterocycles. The van der Waals surface area contributed by atoms with Gasteiger partial charge in [-0.05, 0) is 42.0 Å². The van der Waals surface area contributed by atoms with E-state index in [1.54, 1.807) is 7.05 Å². The van der Waals surface area contributed by atoms with Crippen LogP contribution >= 0.6 is 0 Å². The molecule has 0 heterocycles. The van der Waals surface area contributed by atoms with Gasteiger partial charge in [0.2, 0.25) is 0 Å². The van der Waals surface area contributed by atoms with Gasteiger partial charge in [-0.25, -0.2) is 12.8 Å². The number of sulfone groups is 1. The van der Waals surface area contributed by atoms with E-state index in [4.69, 9.17) is 0 Å². The first-order valence-corrected chi connectivity index (χ1v) is 10.3. The molecular formula is C17H26FN3O2S. The van der Waals surface area contributed by atoms with E-state index in [1.807, 2.05) is 0 Å². The van der Waals surface area contributed by atoms with E-state index in [2.05, 4.69) is 22.5 Å². The van der Waals surface area contributed by atoms with Gasteiger partial charge in [-0.3, -0.25) is 4.99 Å². The fourth-order valence-corrected chi connectivity index (χ4v) is 3.69. The molecule has 1 aromatic rings. The molecule has 1 aliphatic rings. The number of hydrogen-bond acceptors (Lipinski definition) is 3. The summed E-state index contributed by atoms with van der Waals surface area (Å²) in [5.74, 6) is 0.881. The van der Waals surface area contributed by atoms with Crippen LogP contribution in [0.15, 0.2) is 23.2 Å². The lowest BCUT2D eigenvalue weighted by Gasteiger charge is -2.14. The number of halogens is 1. The highest BCUT2D eigenvalue weighted by Gasteiger charge is 2.36. The van der Waals surface area contributed by atoms with Crippen LogP contribution in [-0.4, -0.2) is 33.7 Å². The molecule has 2 unspecified atom stereocenters. The van der Waals surface area contributed by atoms with E-state index in [0.717, 1.165) is 6.42 Å². The van der Waals surface area contributed by atoms with Crippen LogP contribution in [0.5, 0.6) is 0 Å². The van der Waals surface area contributed by atoms with Gasteiger partial charge in [-0.2, -0.15) is 0 Å². The maximum Gasteiger partial charge on any atom is 0.191 e. The molecule has 0 bridgehead atoms. The lowest BCUT2D eigenvalue weighted by Crippen LogP contribution is -2.39. The Morgan fingerprint density at radius 3 is 2.75 bits per heavy atom. The van der Waals surface area contributed by atoms with E-state index in [0.29, 0.717) is 35.6 Å². The maximum atomic E-state index is 13.5. The van der Waals surface area contributed by atoms with Crippen molar-refractivity contribution in [2.75, 3.05) is 13.3 Å². The zero-order valence-electron chi connectivity index (χ0n) is 14.5. The van der Waals surface area contributed by atoms with Crippen LogP contribution in [-0.2, 0) is 22.1 Å². The minimum absolute atomic E-state index is 0.0997. The summed E-state index contributed by atoms with van der Waals surface area (Å²) in [7, 11) is -1.49. The van der Waals surface area contributed by atoms with Gasteiger partial charge >= 0.3 is 0 Å². The third-order valence-corrected chi connectivity index (χ3v) is 5.00. The zero-order valence-corrected chi connectivity index (χ0v) is 15.3. The minimum Gasteiger partial charge on any atom is -0.353 e. The van der Waals surface area contributed by atoms with Crippen LogP contribution in [0.4, 0.5) is 4.39 Å². The van der Waals surface area contributed by atoms with E-state index in [9.17, 15) is 12.8 Å². The molecule has 5 nitrogen and oxygen atoms in total. The highest BCUT2D eigenvalue weighted by atomic mass is 32.2. The first kappa shape index (κ1) is 18.7. The number of rotatable bonds is 7. The third-order valence-electron chi connectivity index (χ3n) is 4.16. The Kier molecular flexibility index (Phi) is 6.21. The lowest BCUT2D eigenvalue weighted by molar-refractivity contribution is 0.599. The SMILES string of the molecule is CCCC1CC1NC(=NC)NCc1cc(F)ccc1CS(C)(=O)=O. The van der Waals surface area contributed by atoms with Gasteiger partial charge in [0, 0.05) is 25.9 Å². The Bertz CT molecular complexity index is 704. The highest BCUT2D eigenvalue weighted by molar-refractivity contribution is 7.89. The van der Waals surface area contributed by atoms with Crippen LogP contribution in [0.1, 0.15) is 37.3 Å². The molecule has 2 N–H and O–H groups in total. The molecule has 0 amide bonds. The van der Waals surface area contributed by atoms with Gasteiger partial charge in [-0.1, -0.05) is 19.4 Å². The molecule has 1 aromatic carbocycles. The standard InChI is InChI=1S/C17H26FN3O2S/c1-4-5-12-9-16(12)21-17(19-2)20-10-14-8-15(18)7-6-13(14)11-24(3,22)23/h6-8,12,16H,4-5,9-11H2,1-3H3,(H2,19,20,21). The molecule has 7 heteroatoms. The largest absolute Gasteiger partial charge is 0.353 e. The van der Waals surface area contributed by atoms with Crippen LogP contribution in [0.2, 0.25) is 0 Å². The number of nitrogens with zero attached hydrogens (tertiary/aromatic N) is 1. The van der Waals surface area contributed by atoms with Crippen molar-refractivity contribution in [2.45, 2.75) is 44.5 Å². The lowest BCUT2D eigenvalue weighted by atomic mass is 10.1. The second kappa shape index (κ2) is 7.96. The number of aliphatic imine (C=N–C) groups is 1. The van der Waals surface area contributed by atoms with Crippen LogP contribution < -0.4 is 10.6 Å². The van der Waals surface area contributed by atoms with Crippen LogP contribution in [0, 0.1) is 11.7 Å². The summed E-state index contributed by atoms with van der Waals surface area (Å²) in [5, 5.41) is 6.51. The van der Waals surface area contributed by atoms with Crippen molar-refractivity contribution in [3.8, 4) is 0 Å². The number of benzene rings is 1. The van der Waals surface area contributed by atoms with E-state index >= 15 is 0 Å². The van der Waals surface area contributed by atoms with E-state index < -0.39 is 9.84 Å². The Morgan fingerprint density at radius 1 is 1.38 bits per heavy atom. The summed E-state index contributed by atoms with van der Waals surface area (Å²) in [6.45, 7) is 2.50. The monoisotopic (exact) mass is 355 g/mol. The quantitative estimate of drug-likeness (QED) is 0.581. The third kappa shape index (κ3) is 5.78. The molecule has 24 heavy (non-hydrogen) atoms. The molecule has 134 valence electrons. The van der Waals surface area contributed by atoms with Gasteiger partial charge < -0.3 is 10.6 Å². The molecule has 0 radical (unpaired) electrons. The molecule has 0 aliphatic heterocycles. The first-order chi connectivity index (χ1) is 11.3. The predicted octanol–water partition coefficient (Wildman–Crippen LogP) is 2.22. The molecule has 2 rings (SSSR count). The Hall–Kier alpha value is -1.63. The average molecular weight is 355 g/mol. The fraction of sp³-hybridized carbons (Fsp3) is 0.588. The van der Waals surface area contributed by atoms with Crippen molar-refractivity contribution in [3.63, 3.8) is 0 Å². The summed E-state index contributed by atoms with van der Waals surface area (Å²) in [6, 6.07) is 4.63. The molecule has 1 aliphatic carbocycles. The van der Waals surface area contributed by atoms with E-state index in [-0.39, 0.29) is 11.6 Å². The van der Waals surface area contributed by atoms with Gasteiger partial charge in [0.1, 0.15) is 5.82 Å². The van der Waals surface area contributed by atoms with Crippen molar-refractivity contribution < 1.29 is 12.8 Å². The van der Waals surface area contributed by atoms with Crippen molar-refractivity contribution in [1.29, 1.82) is 0 Å². The number of hydrogen-bond donors (Lipinski definition) is 2. The Labute approximate surface area is 143 Å². The molecule has 1 saturated carbocycles. The van der Waals surface area contributed by atoms with E-state index in [1.165, 1.54) is 37.3 Å². The van der Waals surface area contributed by atoms with Gasteiger partial charge in [0.05, 0.1) is 5.75 Å². The Morgan fingerprint density at radius 2 is 2.12 bits per heavy atom. The smallest absolute Gasteiger partial charge is 0.191 e. The molecule has 1 fully saturated rings. The van der Waals surface area contributed by atoms with Crippen molar-refractivity contribution in [1.82, 2.24) is 10.6 Å². The van der Waals surface area contributed by atoms with Crippen LogP contribution in [0.25, 0.3) is 0 Å². The maximum absolute atomic E-state index is 13.5. The molecule has 0 saturated heterocycles. The summed E-state index contributed by atoms with van der Waals surface area (Å²) in [6.07, 6.45) is 4.70. The topological polar surface area (TPSA) is 70.6 Å². The second-order valence-electron chi connectivity index (χ2n) is 6.44. The molecule has 2 atom stereocenters. The molecule has 0 spiro atoms. The fourth-order valence-electron chi connectivity index (χ4n) is 2.85. The second-order valence-corrected chi connectivity index (χ2v) is 8.58. The number of guanidine groups is 1. The predicted molar refractivity (Wildman–Crippen MR) is 95.1 cm³/mol. The van der Waals surface area contributed by atoms with Crippen molar-refractivity contribution in [3.05, 3.63) is 35.1 Å². The number of nitrogens with one attached hydrogen (secondary N) is 2. The summed E-state index contributed by atoms with van der Waals surface area (Å²) in [5.41, 5.74) is 1.24. The van der Waals surface area contributed by atoms with Gasteiger partial charge in [-0.15, -0.1) is 0 Å².